The highest BCUT2D eigenvalue weighted by Crippen LogP contribution is 2.20. The van der Waals surface area contributed by atoms with Gasteiger partial charge in [-0.15, -0.1) is 0 Å². The molecule has 1 heterocycles. The molecule has 6 heteroatoms. The Morgan fingerprint density at radius 3 is 2.00 bits per heavy atom. The van der Waals surface area contributed by atoms with E-state index in [2.05, 4.69) is 0 Å². The highest BCUT2D eigenvalue weighted by molar-refractivity contribution is 6.30. The Morgan fingerprint density at radius 2 is 1.50 bits per heavy atom. The second kappa shape index (κ2) is 7.79. The number of halogens is 1. The summed E-state index contributed by atoms with van der Waals surface area (Å²) in [6.45, 7) is 3.95. The fraction of sp³-hybridized carbons (Fsp3) is 0.300. The number of piperazine rings is 1. The van der Waals surface area contributed by atoms with Crippen LogP contribution in [0.3, 0.4) is 0 Å². The second-order valence-corrected chi connectivity index (χ2v) is 6.72. The van der Waals surface area contributed by atoms with Crippen LogP contribution in [0.5, 0.6) is 5.75 Å². The summed E-state index contributed by atoms with van der Waals surface area (Å²) in [7, 11) is 1.61. The molecule has 0 aromatic heterocycles. The predicted octanol–water partition coefficient (Wildman–Crippen LogP) is 3.26. The molecule has 0 aliphatic carbocycles. The Bertz CT molecular complexity index is 830. The van der Waals surface area contributed by atoms with Crippen LogP contribution >= 0.6 is 11.6 Å². The van der Waals surface area contributed by atoms with Crippen LogP contribution in [0.15, 0.2) is 42.5 Å². The van der Waals surface area contributed by atoms with Gasteiger partial charge >= 0.3 is 0 Å². The molecule has 26 heavy (non-hydrogen) atoms. The summed E-state index contributed by atoms with van der Waals surface area (Å²) in [5.74, 6) is 0.684. The maximum Gasteiger partial charge on any atom is 0.254 e. The summed E-state index contributed by atoms with van der Waals surface area (Å²) in [5.41, 5.74) is 2.13. The molecule has 3 rings (SSSR count). The van der Waals surface area contributed by atoms with Gasteiger partial charge in [-0.1, -0.05) is 17.7 Å². The second-order valence-electron chi connectivity index (χ2n) is 6.28. The van der Waals surface area contributed by atoms with Crippen molar-refractivity contribution in [2.45, 2.75) is 6.92 Å². The molecular weight excluding hydrogens is 352 g/mol. The SMILES string of the molecule is COc1ccc(C(=O)N2CCN(C(=O)c3cccc(Cl)c3)CC2)cc1C. The average molecular weight is 373 g/mol. The van der Waals surface area contributed by atoms with Crippen molar-refractivity contribution >= 4 is 23.4 Å². The number of carbonyl (C=O) groups is 2. The molecule has 2 amide bonds. The normalized spacial score (nSPS) is 14.3. The van der Waals surface area contributed by atoms with Gasteiger partial charge in [0.25, 0.3) is 11.8 Å². The number of ether oxygens (including phenoxy) is 1. The molecule has 1 aliphatic rings. The number of carbonyl (C=O) groups excluding carboxylic acids is 2. The molecule has 2 aromatic carbocycles. The summed E-state index contributed by atoms with van der Waals surface area (Å²) in [6.07, 6.45) is 0. The molecule has 0 unspecified atom stereocenters. The molecule has 0 atom stereocenters. The van der Waals surface area contributed by atoms with Gasteiger partial charge in [0.1, 0.15) is 5.75 Å². The van der Waals surface area contributed by atoms with E-state index in [9.17, 15) is 9.59 Å². The fourth-order valence-corrected chi connectivity index (χ4v) is 3.30. The van der Waals surface area contributed by atoms with Crippen LogP contribution in [0, 0.1) is 6.92 Å². The molecule has 1 fully saturated rings. The molecule has 0 bridgehead atoms. The number of amides is 2. The zero-order chi connectivity index (χ0) is 18.7. The maximum absolute atomic E-state index is 12.7. The summed E-state index contributed by atoms with van der Waals surface area (Å²) in [5, 5.41) is 0.541. The number of aryl methyl sites for hydroxylation is 1. The third-order valence-electron chi connectivity index (χ3n) is 4.57. The minimum Gasteiger partial charge on any atom is -0.496 e. The van der Waals surface area contributed by atoms with Gasteiger partial charge in [-0.3, -0.25) is 9.59 Å². The zero-order valence-corrected chi connectivity index (χ0v) is 15.6. The van der Waals surface area contributed by atoms with E-state index in [1.54, 1.807) is 47.2 Å². The van der Waals surface area contributed by atoms with Crippen LogP contribution < -0.4 is 4.74 Å². The quantitative estimate of drug-likeness (QED) is 0.831. The van der Waals surface area contributed by atoms with Gasteiger partial charge in [-0.2, -0.15) is 0 Å². The lowest BCUT2D eigenvalue weighted by Gasteiger charge is -2.35. The van der Waals surface area contributed by atoms with Crippen LogP contribution in [-0.4, -0.2) is 54.9 Å². The van der Waals surface area contributed by atoms with E-state index in [4.69, 9.17) is 16.3 Å². The Morgan fingerprint density at radius 1 is 0.923 bits per heavy atom. The number of rotatable bonds is 3. The first kappa shape index (κ1) is 18.3. The maximum atomic E-state index is 12.7. The summed E-state index contributed by atoms with van der Waals surface area (Å²) in [4.78, 5) is 28.8. The lowest BCUT2D eigenvalue weighted by Crippen LogP contribution is -2.50. The average Bonchev–Trinajstić information content (AvgIpc) is 2.67. The Kier molecular flexibility index (Phi) is 5.47. The van der Waals surface area contributed by atoms with Gasteiger partial charge in [0.05, 0.1) is 7.11 Å². The third-order valence-corrected chi connectivity index (χ3v) is 4.80. The molecule has 1 saturated heterocycles. The van der Waals surface area contributed by atoms with Crippen molar-refractivity contribution in [1.82, 2.24) is 9.80 Å². The van der Waals surface area contributed by atoms with Gasteiger partial charge in [-0.25, -0.2) is 0 Å². The first-order valence-electron chi connectivity index (χ1n) is 8.48. The number of hydrogen-bond donors (Lipinski definition) is 0. The Labute approximate surface area is 158 Å². The van der Waals surface area contributed by atoms with E-state index in [0.29, 0.717) is 42.3 Å². The molecule has 0 spiro atoms. The van der Waals surface area contributed by atoms with Crippen molar-refractivity contribution in [2.75, 3.05) is 33.3 Å². The van der Waals surface area contributed by atoms with Crippen molar-refractivity contribution in [3.63, 3.8) is 0 Å². The van der Waals surface area contributed by atoms with Crippen LogP contribution in [0.4, 0.5) is 0 Å². The Balaban J connectivity index is 1.63. The van der Waals surface area contributed by atoms with E-state index >= 15 is 0 Å². The summed E-state index contributed by atoms with van der Waals surface area (Å²) in [6, 6.07) is 12.4. The lowest BCUT2D eigenvalue weighted by molar-refractivity contribution is 0.0535. The van der Waals surface area contributed by atoms with Gasteiger partial charge in [-0.05, 0) is 48.9 Å². The number of nitrogens with zero attached hydrogens (tertiary/aromatic N) is 2. The predicted molar refractivity (Wildman–Crippen MR) is 101 cm³/mol. The van der Waals surface area contributed by atoms with Crippen molar-refractivity contribution in [1.29, 1.82) is 0 Å². The molecule has 1 aliphatic heterocycles. The monoisotopic (exact) mass is 372 g/mol. The van der Waals surface area contributed by atoms with Crippen LogP contribution in [0.2, 0.25) is 5.02 Å². The van der Waals surface area contributed by atoms with Gasteiger partial charge in [0.15, 0.2) is 0 Å². The van der Waals surface area contributed by atoms with E-state index in [0.717, 1.165) is 11.3 Å². The van der Waals surface area contributed by atoms with E-state index in [1.807, 2.05) is 19.1 Å². The van der Waals surface area contributed by atoms with Crippen molar-refractivity contribution in [3.05, 3.63) is 64.2 Å². The minimum atomic E-state index is -0.0557. The topological polar surface area (TPSA) is 49.9 Å². The lowest BCUT2D eigenvalue weighted by atomic mass is 10.1. The molecule has 5 nitrogen and oxygen atoms in total. The summed E-state index contributed by atoms with van der Waals surface area (Å²) < 4.78 is 5.24. The third kappa shape index (κ3) is 3.83. The first-order valence-corrected chi connectivity index (χ1v) is 8.86. The highest BCUT2D eigenvalue weighted by Gasteiger charge is 2.25. The van der Waals surface area contributed by atoms with E-state index in [-0.39, 0.29) is 11.8 Å². The van der Waals surface area contributed by atoms with E-state index in [1.165, 1.54) is 0 Å². The van der Waals surface area contributed by atoms with Crippen LogP contribution in [0.1, 0.15) is 26.3 Å². The largest absolute Gasteiger partial charge is 0.496 e. The standard InChI is InChI=1S/C20H21ClN2O3/c1-14-12-16(6-7-18(14)26-2)20(25)23-10-8-22(9-11-23)19(24)15-4-3-5-17(21)13-15/h3-7,12-13H,8-11H2,1-2H3. The summed E-state index contributed by atoms with van der Waals surface area (Å²) >= 11 is 5.96. The molecular formula is C20H21ClN2O3. The highest BCUT2D eigenvalue weighted by atomic mass is 35.5. The molecule has 2 aromatic rings. The number of methoxy groups -OCH3 is 1. The van der Waals surface area contributed by atoms with Crippen molar-refractivity contribution in [2.24, 2.45) is 0 Å². The molecule has 136 valence electrons. The van der Waals surface area contributed by atoms with E-state index < -0.39 is 0 Å². The van der Waals surface area contributed by atoms with Gasteiger partial charge in [0.2, 0.25) is 0 Å². The fourth-order valence-electron chi connectivity index (χ4n) is 3.11. The Hall–Kier alpha value is -2.53. The van der Waals surface area contributed by atoms with Crippen LogP contribution in [-0.2, 0) is 0 Å². The number of hydrogen-bond acceptors (Lipinski definition) is 3. The minimum absolute atomic E-state index is 0.0226. The van der Waals surface area contributed by atoms with Crippen molar-refractivity contribution < 1.29 is 14.3 Å². The van der Waals surface area contributed by atoms with Crippen molar-refractivity contribution in [3.8, 4) is 5.75 Å². The molecule has 0 saturated carbocycles. The smallest absolute Gasteiger partial charge is 0.254 e. The first-order chi connectivity index (χ1) is 12.5. The molecule has 0 radical (unpaired) electrons. The van der Waals surface area contributed by atoms with Gasteiger partial charge < -0.3 is 14.5 Å². The molecule has 0 N–H and O–H groups in total. The number of benzene rings is 2. The van der Waals surface area contributed by atoms with Crippen LogP contribution in [0.25, 0.3) is 0 Å². The van der Waals surface area contributed by atoms with Gasteiger partial charge in [0, 0.05) is 42.3 Å². The zero-order valence-electron chi connectivity index (χ0n) is 14.9.